The molecular weight excluding hydrogens is 341 g/mol. The number of carbonyl (C=O) groups excluding carboxylic acids is 1. The Hall–Kier alpha value is -2.24. The highest BCUT2D eigenvalue weighted by Gasteiger charge is 2.25. The third-order valence-corrected chi connectivity index (χ3v) is 5.28. The van der Waals surface area contributed by atoms with Crippen LogP contribution in [0.5, 0.6) is 0 Å². The third-order valence-electron chi connectivity index (χ3n) is 5.28. The van der Waals surface area contributed by atoms with Crippen LogP contribution in [0.4, 0.5) is 10.1 Å². The Morgan fingerprint density at radius 2 is 1.81 bits per heavy atom. The van der Waals surface area contributed by atoms with E-state index in [1.165, 1.54) is 11.6 Å². The third kappa shape index (κ3) is 5.37. The monoisotopic (exact) mass is 369 g/mol. The van der Waals surface area contributed by atoms with E-state index in [4.69, 9.17) is 0 Å². The lowest BCUT2D eigenvalue weighted by atomic mass is 10.1. The molecule has 1 unspecified atom stereocenters. The van der Waals surface area contributed by atoms with Crippen molar-refractivity contribution in [3.8, 4) is 0 Å². The van der Waals surface area contributed by atoms with Crippen molar-refractivity contribution in [2.45, 2.75) is 26.3 Å². The molecule has 1 fully saturated rings. The molecule has 1 amide bonds. The fourth-order valence-electron chi connectivity index (χ4n) is 3.43. The lowest BCUT2D eigenvalue weighted by Gasteiger charge is -2.37. The molecule has 0 aliphatic carbocycles. The molecule has 2 aromatic rings. The van der Waals surface area contributed by atoms with Crippen LogP contribution in [0.1, 0.15) is 18.1 Å². The van der Waals surface area contributed by atoms with E-state index in [2.05, 4.69) is 39.4 Å². The molecule has 2 aromatic carbocycles. The number of carbonyl (C=O) groups is 1. The van der Waals surface area contributed by atoms with E-state index in [1.807, 2.05) is 19.9 Å². The van der Waals surface area contributed by atoms with Gasteiger partial charge >= 0.3 is 0 Å². The highest BCUT2D eigenvalue weighted by Crippen LogP contribution is 2.17. The van der Waals surface area contributed by atoms with Crippen LogP contribution in [-0.2, 0) is 11.2 Å². The zero-order valence-corrected chi connectivity index (χ0v) is 16.1. The molecule has 0 bridgehead atoms. The van der Waals surface area contributed by atoms with Crippen LogP contribution in [0.2, 0.25) is 0 Å². The number of piperazine rings is 1. The van der Waals surface area contributed by atoms with E-state index in [9.17, 15) is 9.18 Å². The van der Waals surface area contributed by atoms with Crippen molar-refractivity contribution < 1.29 is 9.18 Å². The van der Waals surface area contributed by atoms with Crippen LogP contribution in [0, 0.1) is 12.7 Å². The molecule has 0 spiro atoms. The zero-order chi connectivity index (χ0) is 19.2. The summed E-state index contributed by atoms with van der Waals surface area (Å²) in [5.41, 5.74) is 2.44. The van der Waals surface area contributed by atoms with Gasteiger partial charge in [-0.3, -0.25) is 9.69 Å². The quantitative estimate of drug-likeness (QED) is 0.848. The molecule has 3 rings (SSSR count). The lowest BCUT2D eigenvalue weighted by Crippen LogP contribution is -2.53. The Morgan fingerprint density at radius 1 is 1.11 bits per heavy atom. The zero-order valence-electron chi connectivity index (χ0n) is 16.1. The van der Waals surface area contributed by atoms with Crippen molar-refractivity contribution in [2.75, 3.05) is 38.0 Å². The first kappa shape index (κ1) is 19.5. The average molecular weight is 369 g/mol. The second-order valence-corrected chi connectivity index (χ2v) is 7.26. The summed E-state index contributed by atoms with van der Waals surface area (Å²) in [5, 5.41) is 2.72. The molecular formula is C22H28FN3O. The van der Waals surface area contributed by atoms with Crippen molar-refractivity contribution in [1.82, 2.24) is 9.80 Å². The molecule has 1 saturated heterocycles. The molecule has 1 N–H and O–H groups in total. The molecule has 1 aliphatic heterocycles. The van der Waals surface area contributed by atoms with Crippen molar-refractivity contribution in [3.05, 3.63) is 65.5 Å². The summed E-state index contributed by atoms with van der Waals surface area (Å²) in [6.45, 7) is 8.34. The number of nitrogens with one attached hydrogen (secondary N) is 1. The summed E-state index contributed by atoms with van der Waals surface area (Å²) in [6, 6.07) is 15.1. The van der Waals surface area contributed by atoms with Crippen LogP contribution >= 0.6 is 0 Å². The second-order valence-electron chi connectivity index (χ2n) is 7.26. The highest BCUT2D eigenvalue weighted by molar-refractivity contribution is 5.94. The molecule has 0 radical (unpaired) electrons. The van der Waals surface area contributed by atoms with E-state index in [1.54, 1.807) is 12.1 Å². The van der Waals surface area contributed by atoms with E-state index in [0.717, 1.165) is 44.7 Å². The Balaban J connectivity index is 1.46. The SMILES string of the molecule is Cc1ccc(NC(=O)C(C)N2CCN(CCc3ccccc3)CC2)c(F)c1. The normalized spacial score (nSPS) is 16.9. The maximum atomic E-state index is 14.0. The summed E-state index contributed by atoms with van der Waals surface area (Å²) < 4.78 is 14.0. The van der Waals surface area contributed by atoms with Crippen molar-refractivity contribution in [3.63, 3.8) is 0 Å². The van der Waals surface area contributed by atoms with Gasteiger partial charge in [-0.1, -0.05) is 36.4 Å². The minimum absolute atomic E-state index is 0.157. The summed E-state index contributed by atoms with van der Waals surface area (Å²) in [5.74, 6) is -0.545. The minimum atomic E-state index is -0.388. The van der Waals surface area contributed by atoms with Gasteiger partial charge in [-0.25, -0.2) is 4.39 Å². The Bertz CT molecular complexity index is 757. The lowest BCUT2D eigenvalue weighted by molar-refractivity contribution is -0.121. The van der Waals surface area contributed by atoms with Gasteiger partial charge in [0.25, 0.3) is 0 Å². The number of anilines is 1. The van der Waals surface area contributed by atoms with Gasteiger partial charge in [0.05, 0.1) is 11.7 Å². The molecule has 4 nitrogen and oxygen atoms in total. The molecule has 1 atom stereocenters. The maximum Gasteiger partial charge on any atom is 0.241 e. The van der Waals surface area contributed by atoms with E-state index in [0.29, 0.717) is 0 Å². The number of benzene rings is 2. The summed E-state index contributed by atoms with van der Waals surface area (Å²) in [6.07, 6.45) is 1.05. The Kier molecular flexibility index (Phi) is 6.58. The number of amides is 1. The average Bonchev–Trinajstić information content (AvgIpc) is 2.69. The van der Waals surface area contributed by atoms with Crippen LogP contribution in [0.3, 0.4) is 0 Å². The summed E-state index contributed by atoms with van der Waals surface area (Å²) in [4.78, 5) is 17.1. The molecule has 5 heteroatoms. The first-order valence-electron chi connectivity index (χ1n) is 9.60. The number of hydrogen-bond acceptors (Lipinski definition) is 3. The first-order chi connectivity index (χ1) is 13.0. The fraction of sp³-hybridized carbons (Fsp3) is 0.409. The Morgan fingerprint density at radius 3 is 2.48 bits per heavy atom. The number of halogens is 1. The van der Waals surface area contributed by atoms with E-state index >= 15 is 0 Å². The van der Waals surface area contributed by atoms with E-state index in [-0.39, 0.29) is 23.5 Å². The number of nitrogens with zero attached hydrogens (tertiary/aromatic N) is 2. The smallest absolute Gasteiger partial charge is 0.241 e. The van der Waals surface area contributed by atoms with Gasteiger partial charge in [0.2, 0.25) is 5.91 Å². The van der Waals surface area contributed by atoms with E-state index < -0.39 is 0 Å². The topological polar surface area (TPSA) is 35.6 Å². The van der Waals surface area contributed by atoms with Crippen molar-refractivity contribution in [1.29, 1.82) is 0 Å². The first-order valence-corrected chi connectivity index (χ1v) is 9.60. The standard InChI is InChI=1S/C22H28FN3O/c1-17-8-9-21(20(23)16-17)24-22(27)18(2)26-14-12-25(13-15-26)11-10-19-6-4-3-5-7-19/h3-9,16,18H,10-15H2,1-2H3,(H,24,27). The van der Waals surface area contributed by atoms with Gasteiger partial charge in [-0.15, -0.1) is 0 Å². The molecule has 0 aromatic heterocycles. The number of aryl methyl sites for hydroxylation is 1. The molecule has 0 saturated carbocycles. The van der Waals surface area contributed by atoms with Gasteiger partial charge in [-0.2, -0.15) is 0 Å². The predicted octanol–water partition coefficient (Wildman–Crippen LogP) is 3.32. The highest BCUT2D eigenvalue weighted by atomic mass is 19.1. The van der Waals surface area contributed by atoms with Crippen LogP contribution < -0.4 is 5.32 Å². The molecule has 1 aliphatic rings. The summed E-state index contributed by atoms with van der Waals surface area (Å²) in [7, 11) is 0. The van der Waals surface area contributed by atoms with Gasteiger partial charge in [0, 0.05) is 32.7 Å². The minimum Gasteiger partial charge on any atom is -0.322 e. The van der Waals surface area contributed by atoms with Gasteiger partial charge < -0.3 is 10.2 Å². The second kappa shape index (κ2) is 9.11. The molecule has 1 heterocycles. The fourth-order valence-corrected chi connectivity index (χ4v) is 3.43. The predicted molar refractivity (Wildman–Crippen MR) is 107 cm³/mol. The largest absolute Gasteiger partial charge is 0.322 e. The van der Waals surface area contributed by atoms with Gasteiger partial charge in [-0.05, 0) is 43.5 Å². The Labute approximate surface area is 161 Å². The van der Waals surface area contributed by atoms with Crippen molar-refractivity contribution >= 4 is 11.6 Å². The molecule has 27 heavy (non-hydrogen) atoms. The number of rotatable bonds is 6. The van der Waals surface area contributed by atoms with Gasteiger partial charge in [0.15, 0.2) is 0 Å². The van der Waals surface area contributed by atoms with Crippen LogP contribution in [0.25, 0.3) is 0 Å². The van der Waals surface area contributed by atoms with Gasteiger partial charge in [0.1, 0.15) is 5.82 Å². The van der Waals surface area contributed by atoms with Crippen LogP contribution in [-0.4, -0.2) is 54.5 Å². The maximum absolute atomic E-state index is 14.0. The molecule has 144 valence electrons. The number of hydrogen-bond donors (Lipinski definition) is 1. The van der Waals surface area contributed by atoms with Crippen LogP contribution in [0.15, 0.2) is 48.5 Å². The van der Waals surface area contributed by atoms with Crippen molar-refractivity contribution in [2.24, 2.45) is 0 Å². The summed E-state index contributed by atoms with van der Waals surface area (Å²) >= 11 is 0.